The Morgan fingerprint density at radius 1 is 1.16 bits per heavy atom. The van der Waals surface area contributed by atoms with E-state index in [0.29, 0.717) is 0 Å². The summed E-state index contributed by atoms with van der Waals surface area (Å²) < 4.78 is 7.57. The lowest BCUT2D eigenvalue weighted by Gasteiger charge is -2.42. The van der Waals surface area contributed by atoms with Crippen LogP contribution >= 0.6 is 15.9 Å². The Kier molecular flexibility index (Phi) is 4.70. The van der Waals surface area contributed by atoms with Crippen LogP contribution in [-0.2, 0) is 10.0 Å². The zero-order chi connectivity index (χ0) is 15.1. The molecule has 0 spiro atoms. The van der Waals surface area contributed by atoms with Crippen molar-refractivity contribution in [1.29, 1.82) is 0 Å². The Morgan fingerprint density at radius 3 is 2.11 bits per heavy atom. The first kappa shape index (κ1) is 16.9. The van der Waals surface area contributed by atoms with Crippen LogP contribution in [0.5, 0.6) is 0 Å². The van der Waals surface area contributed by atoms with E-state index in [1.54, 1.807) is 0 Å². The number of nitrogens with zero attached hydrogens (tertiary/aromatic N) is 1. The van der Waals surface area contributed by atoms with Crippen molar-refractivity contribution in [3.8, 4) is 0 Å². The van der Waals surface area contributed by atoms with Crippen molar-refractivity contribution >= 4 is 24.2 Å². The maximum Gasteiger partial charge on any atom is 0.193 e. The van der Waals surface area contributed by atoms with Gasteiger partial charge in [-0.25, -0.2) is 0 Å². The SMILES string of the molecule is Cc1cc(C(C)(C)O[Si](C)(C)C(C)(C)C)ncc1Br. The zero-order valence-electron chi connectivity index (χ0n) is 13.4. The monoisotopic (exact) mass is 343 g/mol. The lowest BCUT2D eigenvalue weighted by atomic mass is 10.0. The summed E-state index contributed by atoms with van der Waals surface area (Å²) in [4.78, 5) is 4.53. The second kappa shape index (κ2) is 5.30. The maximum atomic E-state index is 6.53. The molecular formula is C15H26BrNOSi. The van der Waals surface area contributed by atoms with Gasteiger partial charge in [0.2, 0.25) is 0 Å². The zero-order valence-corrected chi connectivity index (χ0v) is 16.0. The number of hydrogen-bond donors (Lipinski definition) is 0. The molecule has 0 radical (unpaired) electrons. The van der Waals surface area contributed by atoms with Crippen molar-refractivity contribution in [2.45, 2.75) is 65.3 Å². The number of rotatable bonds is 3. The normalized spacial score (nSPS) is 13.7. The fourth-order valence-corrected chi connectivity index (χ4v) is 3.62. The van der Waals surface area contributed by atoms with Crippen LogP contribution in [0.3, 0.4) is 0 Å². The molecule has 0 unspecified atom stereocenters. The van der Waals surface area contributed by atoms with E-state index in [9.17, 15) is 0 Å². The highest BCUT2D eigenvalue weighted by Crippen LogP contribution is 2.41. The van der Waals surface area contributed by atoms with Crippen molar-refractivity contribution in [3.63, 3.8) is 0 Å². The molecule has 1 aromatic heterocycles. The molecule has 0 bridgehead atoms. The summed E-state index contributed by atoms with van der Waals surface area (Å²) in [5.41, 5.74) is 1.84. The second-order valence-corrected chi connectivity index (χ2v) is 12.8. The van der Waals surface area contributed by atoms with E-state index in [-0.39, 0.29) is 10.6 Å². The minimum Gasteiger partial charge on any atom is -0.406 e. The van der Waals surface area contributed by atoms with Gasteiger partial charge in [-0.05, 0) is 66.5 Å². The summed E-state index contributed by atoms with van der Waals surface area (Å²) in [5, 5.41) is 0.203. The first-order valence-electron chi connectivity index (χ1n) is 6.70. The molecule has 4 heteroatoms. The van der Waals surface area contributed by atoms with Crippen LogP contribution in [0.1, 0.15) is 45.9 Å². The highest BCUT2D eigenvalue weighted by Gasteiger charge is 2.42. The highest BCUT2D eigenvalue weighted by atomic mass is 79.9. The number of hydrogen-bond acceptors (Lipinski definition) is 2. The lowest BCUT2D eigenvalue weighted by molar-refractivity contribution is 0.0855. The topological polar surface area (TPSA) is 22.1 Å². The molecule has 0 saturated carbocycles. The summed E-state index contributed by atoms with van der Waals surface area (Å²) in [6.07, 6.45) is 1.86. The first-order chi connectivity index (χ1) is 8.37. The smallest absolute Gasteiger partial charge is 0.193 e. The van der Waals surface area contributed by atoms with E-state index in [1.807, 2.05) is 6.20 Å². The molecule has 19 heavy (non-hydrogen) atoms. The van der Waals surface area contributed by atoms with Crippen LogP contribution in [-0.4, -0.2) is 13.3 Å². The molecule has 1 heterocycles. The number of pyridine rings is 1. The summed E-state index contributed by atoms with van der Waals surface area (Å²) >= 11 is 3.49. The molecule has 0 fully saturated rings. The van der Waals surface area contributed by atoms with E-state index < -0.39 is 8.32 Å². The molecule has 0 aliphatic carbocycles. The molecule has 0 saturated heterocycles. The van der Waals surface area contributed by atoms with E-state index in [1.165, 1.54) is 5.56 Å². The molecular weight excluding hydrogens is 318 g/mol. The minimum atomic E-state index is -1.81. The number of aromatic nitrogens is 1. The summed E-state index contributed by atoms with van der Waals surface area (Å²) in [6, 6.07) is 2.11. The molecule has 0 aromatic carbocycles. The van der Waals surface area contributed by atoms with Crippen LogP contribution in [0.2, 0.25) is 18.1 Å². The van der Waals surface area contributed by atoms with Gasteiger partial charge in [0, 0.05) is 10.7 Å². The third kappa shape index (κ3) is 3.89. The van der Waals surface area contributed by atoms with Gasteiger partial charge >= 0.3 is 0 Å². The molecule has 108 valence electrons. The van der Waals surface area contributed by atoms with Gasteiger partial charge in [-0.15, -0.1) is 0 Å². The van der Waals surface area contributed by atoms with Gasteiger partial charge in [-0.3, -0.25) is 4.98 Å². The lowest BCUT2D eigenvalue weighted by Crippen LogP contribution is -2.46. The molecule has 1 aromatic rings. The maximum absolute atomic E-state index is 6.53. The van der Waals surface area contributed by atoms with E-state index in [0.717, 1.165) is 10.2 Å². The Bertz CT molecular complexity index is 464. The van der Waals surface area contributed by atoms with Gasteiger partial charge in [0.25, 0.3) is 0 Å². The van der Waals surface area contributed by atoms with E-state index >= 15 is 0 Å². The Hall–Kier alpha value is -0.193. The van der Waals surface area contributed by atoms with Crippen LogP contribution in [0.4, 0.5) is 0 Å². The molecule has 0 N–H and O–H groups in total. The molecule has 2 nitrogen and oxygen atoms in total. The predicted molar refractivity (Wildman–Crippen MR) is 88.0 cm³/mol. The van der Waals surface area contributed by atoms with Crippen molar-refractivity contribution < 1.29 is 4.43 Å². The fourth-order valence-electron chi connectivity index (χ4n) is 1.71. The van der Waals surface area contributed by atoms with E-state index in [2.05, 4.69) is 81.6 Å². The van der Waals surface area contributed by atoms with Gasteiger partial charge in [-0.1, -0.05) is 20.8 Å². The van der Waals surface area contributed by atoms with Gasteiger partial charge in [-0.2, -0.15) is 0 Å². The van der Waals surface area contributed by atoms with Crippen molar-refractivity contribution in [3.05, 3.63) is 28.0 Å². The molecule has 0 amide bonds. The Balaban J connectivity index is 3.07. The fraction of sp³-hybridized carbons (Fsp3) is 0.667. The summed E-state index contributed by atoms with van der Waals surface area (Å²) in [5.74, 6) is 0. The third-order valence-electron chi connectivity index (χ3n) is 3.98. The summed E-state index contributed by atoms with van der Waals surface area (Å²) in [6.45, 7) is 17.6. The summed E-state index contributed by atoms with van der Waals surface area (Å²) in [7, 11) is -1.81. The quantitative estimate of drug-likeness (QED) is 0.684. The van der Waals surface area contributed by atoms with Crippen molar-refractivity contribution in [1.82, 2.24) is 4.98 Å². The van der Waals surface area contributed by atoms with Crippen LogP contribution in [0, 0.1) is 6.92 Å². The first-order valence-corrected chi connectivity index (χ1v) is 10.4. The standard InChI is InChI=1S/C15H26BrNOSi/c1-11-9-13(17-10-12(11)16)15(5,6)18-19(7,8)14(2,3)4/h9-10H,1-8H3. The molecule has 0 aliphatic heterocycles. The third-order valence-corrected chi connectivity index (χ3v) is 9.44. The van der Waals surface area contributed by atoms with Gasteiger partial charge in [0.1, 0.15) is 0 Å². The number of halogens is 1. The Labute approximate surface area is 127 Å². The predicted octanol–water partition coefficient (Wildman–Crippen LogP) is 5.41. The van der Waals surface area contributed by atoms with E-state index in [4.69, 9.17) is 4.43 Å². The van der Waals surface area contributed by atoms with Gasteiger partial charge < -0.3 is 4.43 Å². The second-order valence-electron chi connectivity index (χ2n) is 7.19. The van der Waals surface area contributed by atoms with Crippen LogP contribution in [0.25, 0.3) is 0 Å². The molecule has 1 rings (SSSR count). The van der Waals surface area contributed by atoms with Crippen LogP contribution < -0.4 is 0 Å². The van der Waals surface area contributed by atoms with Gasteiger partial charge in [0.15, 0.2) is 8.32 Å². The number of aryl methyl sites for hydroxylation is 1. The van der Waals surface area contributed by atoms with Crippen LogP contribution in [0.15, 0.2) is 16.7 Å². The highest BCUT2D eigenvalue weighted by molar-refractivity contribution is 9.10. The molecule has 0 atom stereocenters. The minimum absolute atomic E-state index is 0.203. The molecule has 0 aliphatic rings. The van der Waals surface area contributed by atoms with Gasteiger partial charge in [0.05, 0.1) is 11.3 Å². The Morgan fingerprint density at radius 2 is 1.68 bits per heavy atom. The largest absolute Gasteiger partial charge is 0.406 e. The average Bonchev–Trinajstić information content (AvgIpc) is 2.18. The van der Waals surface area contributed by atoms with Crippen molar-refractivity contribution in [2.75, 3.05) is 0 Å². The van der Waals surface area contributed by atoms with Crippen molar-refractivity contribution in [2.24, 2.45) is 0 Å². The average molecular weight is 344 g/mol.